The third-order valence-electron chi connectivity index (χ3n) is 2.37. The van der Waals surface area contributed by atoms with Gasteiger partial charge < -0.3 is 10.4 Å². The second-order valence-electron chi connectivity index (χ2n) is 3.85. The first-order valence-electron chi connectivity index (χ1n) is 5.65. The van der Waals surface area contributed by atoms with Gasteiger partial charge in [0.2, 0.25) is 5.91 Å². The van der Waals surface area contributed by atoms with Crippen LogP contribution >= 0.6 is 0 Å². The zero-order chi connectivity index (χ0) is 13.4. The fraction of sp³-hybridized carbons (Fsp3) is 0.308. The molecule has 1 aromatic heterocycles. The number of carboxylic acids is 1. The zero-order valence-corrected chi connectivity index (χ0v) is 10.0. The van der Waals surface area contributed by atoms with Crippen molar-refractivity contribution in [3.63, 3.8) is 0 Å². The summed E-state index contributed by atoms with van der Waals surface area (Å²) in [5.41, 5.74) is 0.772. The number of nitrogens with one attached hydrogen (secondary N) is 1. The number of pyridine rings is 1. The number of hydrogen-bond acceptors (Lipinski definition) is 3. The lowest BCUT2D eigenvalue weighted by molar-refractivity contribution is -0.141. The maximum atomic E-state index is 11.5. The number of carbonyl (C=O) groups excluding carboxylic acids is 1. The van der Waals surface area contributed by atoms with Crippen molar-refractivity contribution in [2.24, 2.45) is 0 Å². The molecule has 1 heterocycles. The van der Waals surface area contributed by atoms with Gasteiger partial charge in [-0.1, -0.05) is 12.1 Å². The van der Waals surface area contributed by atoms with Gasteiger partial charge in [0.1, 0.15) is 6.04 Å². The van der Waals surface area contributed by atoms with E-state index in [4.69, 9.17) is 5.11 Å². The fourth-order valence-electron chi connectivity index (χ4n) is 1.45. The topological polar surface area (TPSA) is 79.3 Å². The molecule has 0 bridgehead atoms. The minimum absolute atomic E-state index is 0.225. The average Bonchev–Trinajstić information content (AvgIpc) is 2.36. The Labute approximate surface area is 106 Å². The summed E-state index contributed by atoms with van der Waals surface area (Å²) in [6, 6.07) is 2.58. The van der Waals surface area contributed by atoms with Gasteiger partial charge in [-0.2, -0.15) is 0 Å². The quantitative estimate of drug-likeness (QED) is 0.710. The van der Waals surface area contributed by atoms with Crippen LogP contribution in [0.3, 0.4) is 0 Å². The molecule has 0 aliphatic heterocycles. The molecule has 0 aliphatic rings. The van der Waals surface area contributed by atoms with E-state index >= 15 is 0 Å². The molecular formula is C13H16N2O3. The summed E-state index contributed by atoms with van der Waals surface area (Å²) < 4.78 is 0. The Morgan fingerprint density at radius 3 is 2.89 bits per heavy atom. The Morgan fingerprint density at radius 1 is 1.56 bits per heavy atom. The van der Waals surface area contributed by atoms with Gasteiger partial charge in [0.15, 0.2) is 0 Å². The van der Waals surface area contributed by atoms with Crippen LogP contribution < -0.4 is 5.32 Å². The number of carbonyl (C=O) groups is 2. The summed E-state index contributed by atoms with van der Waals surface area (Å²) in [6.07, 6.45) is 5.83. The number of carboxylic acid groups (broad SMARTS) is 1. The molecule has 0 aromatic carbocycles. The molecule has 0 unspecified atom stereocenters. The summed E-state index contributed by atoms with van der Waals surface area (Å²) in [7, 11) is 0. The molecule has 0 fully saturated rings. The first-order valence-corrected chi connectivity index (χ1v) is 5.65. The van der Waals surface area contributed by atoms with Gasteiger partial charge in [-0.15, -0.1) is 6.58 Å². The third-order valence-corrected chi connectivity index (χ3v) is 2.37. The molecule has 0 aliphatic carbocycles. The van der Waals surface area contributed by atoms with E-state index < -0.39 is 12.0 Å². The monoisotopic (exact) mass is 248 g/mol. The van der Waals surface area contributed by atoms with Gasteiger partial charge in [0, 0.05) is 25.2 Å². The smallest absolute Gasteiger partial charge is 0.326 e. The van der Waals surface area contributed by atoms with Crippen molar-refractivity contribution in [2.45, 2.75) is 25.3 Å². The van der Waals surface area contributed by atoms with E-state index in [1.807, 2.05) is 0 Å². The molecule has 1 rings (SSSR count). The molecule has 1 amide bonds. The van der Waals surface area contributed by atoms with E-state index in [1.54, 1.807) is 30.6 Å². The molecule has 96 valence electrons. The van der Waals surface area contributed by atoms with Crippen LogP contribution in [0.5, 0.6) is 0 Å². The van der Waals surface area contributed by atoms with E-state index in [1.165, 1.54) is 0 Å². The Hall–Kier alpha value is -2.17. The summed E-state index contributed by atoms with van der Waals surface area (Å²) >= 11 is 0. The number of amides is 1. The highest BCUT2D eigenvalue weighted by Gasteiger charge is 2.19. The largest absolute Gasteiger partial charge is 0.480 e. The maximum absolute atomic E-state index is 11.5. The Kier molecular flexibility index (Phi) is 5.57. The standard InChI is InChI=1S/C13H16N2O3/c1-2-3-6-12(16)15-11(13(17)18)8-10-5-4-7-14-9-10/h2,4-5,7,9,11H,1,3,6,8H2,(H,15,16)(H,17,18)/t11-/m0/s1. The van der Waals surface area contributed by atoms with Crippen LogP contribution in [-0.2, 0) is 16.0 Å². The highest BCUT2D eigenvalue weighted by Crippen LogP contribution is 2.02. The first-order chi connectivity index (χ1) is 8.63. The van der Waals surface area contributed by atoms with Crippen molar-refractivity contribution >= 4 is 11.9 Å². The van der Waals surface area contributed by atoms with Crippen molar-refractivity contribution in [3.05, 3.63) is 42.7 Å². The number of hydrogen-bond donors (Lipinski definition) is 2. The molecule has 18 heavy (non-hydrogen) atoms. The predicted octanol–water partition coefficient (Wildman–Crippen LogP) is 1.16. The lowest BCUT2D eigenvalue weighted by Crippen LogP contribution is -2.42. The van der Waals surface area contributed by atoms with Crippen LogP contribution in [0.1, 0.15) is 18.4 Å². The van der Waals surface area contributed by atoms with Gasteiger partial charge in [-0.05, 0) is 18.1 Å². The van der Waals surface area contributed by atoms with E-state index in [0.29, 0.717) is 6.42 Å². The first kappa shape index (κ1) is 13.9. The van der Waals surface area contributed by atoms with Crippen LogP contribution in [0.4, 0.5) is 0 Å². The molecule has 1 atom stereocenters. The summed E-state index contributed by atoms with van der Waals surface area (Å²) in [5, 5.41) is 11.5. The van der Waals surface area contributed by atoms with Crippen LogP contribution in [0.25, 0.3) is 0 Å². The highest BCUT2D eigenvalue weighted by atomic mass is 16.4. The van der Waals surface area contributed by atoms with E-state index in [2.05, 4.69) is 16.9 Å². The maximum Gasteiger partial charge on any atom is 0.326 e. The number of rotatable bonds is 7. The van der Waals surface area contributed by atoms with Gasteiger partial charge in [0.25, 0.3) is 0 Å². The molecule has 0 spiro atoms. The lowest BCUT2D eigenvalue weighted by Gasteiger charge is -2.14. The Bertz CT molecular complexity index is 418. The third kappa shape index (κ3) is 4.78. The molecule has 2 N–H and O–H groups in total. The van der Waals surface area contributed by atoms with Crippen LogP contribution in [0.15, 0.2) is 37.2 Å². The predicted molar refractivity (Wildman–Crippen MR) is 66.9 cm³/mol. The zero-order valence-electron chi connectivity index (χ0n) is 10.0. The number of nitrogens with zero attached hydrogens (tertiary/aromatic N) is 1. The molecule has 1 aromatic rings. The van der Waals surface area contributed by atoms with Gasteiger partial charge in [-0.25, -0.2) is 4.79 Å². The van der Waals surface area contributed by atoms with Crippen molar-refractivity contribution < 1.29 is 14.7 Å². The summed E-state index contributed by atoms with van der Waals surface area (Å²) in [4.78, 5) is 26.4. The fourth-order valence-corrected chi connectivity index (χ4v) is 1.45. The average molecular weight is 248 g/mol. The lowest BCUT2D eigenvalue weighted by atomic mass is 10.1. The number of allylic oxidation sites excluding steroid dienone is 1. The van der Waals surface area contributed by atoms with E-state index in [0.717, 1.165) is 5.56 Å². The minimum atomic E-state index is -1.05. The van der Waals surface area contributed by atoms with Crippen molar-refractivity contribution in [3.8, 4) is 0 Å². The SMILES string of the molecule is C=CCCC(=O)N[C@@H](Cc1cccnc1)C(=O)O. The normalized spacial score (nSPS) is 11.6. The van der Waals surface area contributed by atoms with Crippen molar-refractivity contribution in [1.82, 2.24) is 10.3 Å². The molecular weight excluding hydrogens is 232 g/mol. The van der Waals surface area contributed by atoms with Crippen LogP contribution in [0.2, 0.25) is 0 Å². The van der Waals surface area contributed by atoms with Crippen LogP contribution in [-0.4, -0.2) is 28.0 Å². The van der Waals surface area contributed by atoms with Crippen LogP contribution in [0, 0.1) is 0 Å². The molecule has 0 saturated heterocycles. The molecule has 5 nitrogen and oxygen atoms in total. The van der Waals surface area contributed by atoms with Crippen molar-refractivity contribution in [2.75, 3.05) is 0 Å². The summed E-state index contributed by atoms with van der Waals surface area (Å²) in [6.45, 7) is 3.51. The van der Waals surface area contributed by atoms with Crippen molar-refractivity contribution in [1.29, 1.82) is 0 Å². The van der Waals surface area contributed by atoms with Gasteiger partial charge >= 0.3 is 5.97 Å². The second kappa shape index (κ2) is 7.21. The molecule has 0 saturated carbocycles. The number of aliphatic carboxylic acids is 1. The Balaban J connectivity index is 2.58. The van der Waals surface area contributed by atoms with E-state index in [9.17, 15) is 9.59 Å². The van der Waals surface area contributed by atoms with Gasteiger partial charge in [0.05, 0.1) is 0 Å². The summed E-state index contributed by atoms with van der Waals surface area (Å²) in [5.74, 6) is -1.34. The van der Waals surface area contributed by atoms with E-state index in [-0.39, 0.29) is 18.7 Å². The number of aromatic nitrogens is 1. The Morgan fingerprint density at radius 2 is 2.33 bits per heavy atom. The van der Waals surface area contributed by atoms with Gasteiger partial charge in [-0.3, -0.25) is 9.78 Å². The minimum Gasteiger partial charge on any atom is -0.480 e. The second-order valence-corrected chi connectivity index (χ2v) is 3.85. The highest BCUT2D eigenvalue weighted by molar-refractivity contribution is 5.83. The molecule has 0 radical (unpaired) electrons. The molecule has 5 heteroatoms.